The first-order chi connectivity index (χ1) is 9.72. The highest BCUT2D eigenvalue weighted by Gasteiger charge is 2.35. The lowest BCUT2D eigenvalue weighted by Crippen LogP contribution is -2.51. The first kappa shape index (κ1) is 14.8. The lowest BCUT2D eigenvalue weighted by atomic mass is 9.91. The van der Waals surface area contributed by atoms with Gasteiger partial charge in [0.15, 0.2) is 0 Å². The Morgan fingerprint density at radius 3 is 2.55 bits per heavy atom. The third-order valence-corrected chi connectivity index (χ3v) is 5.67. The fourth-order valence-corrected chi connectivity index (χ4v) is 4.53. The van der Waals surface area contributed by atoms with Gasteiger partial charge in [-0.05, 0) is 70.6 Å². The van der Waals surface area contributed by atoms with Crippen molar-refractivity contribution in [3.05, 3.63) is 0 Å². The van der Waals surface area contributed by atoms with Crippen molar-refractivity contribution in [1.29, 1.82) is 0 Å². The van der Waals surface area contributed by atoms with E-state index >= 15 is 0 Å². The predicted octanol–water partition coefficient (Wildman–Crippen LogP) is 2.32. The molecule has 20 heavy (non-hydrogen) atoms. The highest BCUT2D eigenvalue weighted by atomic mass is 15.2. The van der Waals surface area contributed by atoms with E-state index in [1.165, 1.54) is 71.2 Å². The number of piperidine rings is 2. The van der Waals surface area contributed by atoms with E-state index in [0.29, 0.717) is 6.04 Å². The average molecular weight is 279 g/mol. The number of hydrogen-bond acceptors (Lipinski definition) is 3. The van der Waals surface area contributed by atoms with Crippen molar-refractivity contribution in [3.8, 4) is 0 Å². The fourth-order valence-electron chi connectivity index (χ4n) is 4.53. The second-order valence-electron chi connectivity index (χ2n) is 7.58. The molecule has 0 aromatic rings. The smallest absolute Gasteiger partial charge is 0.0122 e. The molecule has 3 nitrogen and oxygen atoms in total. The Bertz CT molecular complexity index is 305. The van der Waals surface area contributed by atoms with Gasteiger partial charge >= 0.3 is 0 Å². The predicted molar refractivity (Wildman–Crippen MR) is 85.1 cm³/mol. The summed E-state index contributed by atoms with van der Waals surface area (Å²) in [7, 11) is 0. The van der Waals surface area contributed by atoms with Gasteiger partial charge in [0.25, 0.3) is 0 Å². The summed E-state index contributed by atoms with van der Waals surface area (Å²) in [4.78, 5) is 5.59. The van der Waals surface area contributed by atoms with Gasteiger partial charge in [0, 0.05) is 24.7 Å². The van der Waals surface area contributed by atoms with Gasteiger partial charge in [0.2, 0.25) is 0 Å². The summed E-state index contributed by atoms with van der Waals surface area (Å²) in [6, 6.07) is 2.44. The number of nitrogens with one attached hydrogen (secondary N) is 1. The zero-order valence-corrected chi connectivity index (χ0v) is 13.5. The molecule has 0 amide bonds. The van der Waals surface area contributed by atoms with Gasteiger partial charge in [-0.2, -0.15) is 0 Å². The second kappa shape index (κ2) is 6.76. The molecule has 3 rings (SSSR count). The summed E-state index contributed by atoms with van der Waals surface area (Å²) in [5.74, 6) is 0.882. The molecule has 3 unspecified atom stereocenters. The molecular weight excluding hydrogens is 246 g/mol. The van der Waals surface area contributed by atoms with Crippen molar-refractivity contribution in [2.75, 3.05) is 32.7 Å². The standard InChI is InChI=1S/C17H33N3/c1-14(2)18-12-15-5-3-9-20(13-15)17-7-10-19-8-4-6-16(19)11-17/h14-18H,3-13H2,1-2H3. The van der Waals surface area contributed by atoms with Crippen LogP contribution in [0.5, 0.6) is 0 Å². The Morgan fingerprint density at radius 2 is 1.70 bits per heavy atom. The fraction of sp³-hybridized carbons (Fsp3) is 1.00. The molecule has 3 saturated heterocycles. The zero-order chi connectivity index (χ0) is 13.9. The second-order valence-corrected chi connectivity index (χ2v) is 7.58. The minimum Gasteiger partial charge on any atom is -0.314 e. The van der Waals surface area contributed by atoms with Crippen LogP contribution in [0.1, 0.15) is 52.4 Å². The molecule has 3 aliphatic heterocycles. The van der Waals surface area contributed by atoms with E-state index in [-0.39, 0.29) is 0 Å². The van der Waals surface area contributed by atoms with Crippen LogP contribution in [-0.2, 0) is 0 Å². The van der Waals surface area contributed by atoms with E-state index in [1.54, 1.807) is 0 Å². The molecule has 0 bridgehead atoms. The lowest BCUT2D eigenvalue weighted by Gasteiger charge is -2.44. The summed E-state index contributed by atoms with van der Waals surface area (Å²) in [5.41, 5.74) is 0. The van der Waals surface area contributed by atoms with Crippen molar-refractivity contribution >= 4 is 0 Å². The Hall–Kier alpha value is -0.120. The Labute approximate surface area is 125 Å². The maximum absolute atomic E-state index is 3.64. The molecule has 0 aliphatic carbocycles. The minimum absolute atomic E-state index is 0.632. The molecule has 0 saturated carbocycles. The SMILES string of the molecule is CC(C)NCC1CCCN(C2CCN3CCCC3C2)C1. The first-order valence-corrected chi connectivity index (χ1v) is 8.94. The largest absolute Gasteiger partial charge is 0.314 e. The van der Waals surface area contributed by atoms with Gasteiger partial charge in [-0.25, -0.2) is 0 Å². The Morgan fingerprint density at radius 1 is 0.950 bits per heavy atom. The van der Waals surface area contributed by atoms with Crippen LogP contribution in [0.4, 0.5) is 0 Å². The van der Waals surface area contributed by atoms with Gasteiger partial charge in [-0.15, -0.1) is 0 Å². The van der Waals surface area contributed by atoms with E-state index in [1.807, 2.05) is 0 Å². The first-order valence-electron chi connectivity index (χ1n) is 8.94. The Kier molecular flexibility index (Phi) is 5.00. The molecule has 3 fully saturated rings. The van der Waals surface area contributed by atoms with Crippen molar-refractivity contribution < 1.29 is 0 Å². The number of fused-ring (bicyclic) bond motifs is 1. The normalized spacial score (nSPS) is 36.5. The lowest BCUT2D eigenvalue weighted by molar-refractivity contribution is 0.0565. The van der Waals surface area contributed by atoms with E-state index < -0.39 is 0 Å². The van der Waals surface area contributed by atoms with E-state index in [2.05, 4.69) is 29.0 Å². The van der Waals surface area contributed by atoms with Crippen molar-refractivity contribution in [2.24, 2.45) is 5.92 Å². The Balaban J connectivity index is 1.49. The third-order valence-electron chi connectivity index (χ3n) is 5.67. The van der Waals surface area contributed by atoms with Gasteiger partial charge in [0.1, 0.15) is 0 Å². The van der Waals surface area contributed by atoms with Gasteiger partial charge in [-0.1, -0.05) is 13.8 Å². The van der Waals surface area contributed by atoms with E-state index in [0.717, 1.165) is 18.0 Å². The van der Waals surface area contributed by atoms with Crippen LogP contribution in [-0.4, -0.2) is 60.6 Å². The maximum atomic E-state index is 3.64. The molecule has 0 aromatic heterocycles. The van der Waals surface area contributed by atoms with Gasteiger partial charge in [0.05, 0.1) is 0 Å². The monoisotopic (exact) mass is 279 g/mol. The molecule has 0 spiro atoms. The summed E-state index contributed by atoms with van der Waals surface area (Å²) < 4.78 is 0. The average Bonchev–Trinajstić information content (AvgIpc) is 2.93. The summed E-state index contributed by atoms with van der Waals surface area (Å²) in [6.45, 7) is 11.2. The van der Waals surface area contributed by atoms with E-state index in [4.69, 9.17) is 0 Å². The van der Waals surface area contributed by atoms with Crippen LogP contribution in [0.3, 0.4) is 0 Å². The maximum Gasteiger partial charge on any atom is 0.0122 e. The minimum atomic E-state index is 0.632. The van der Waals surface area contributed by atoms with Crippen LogP contribution in [0.15, 0.2) is 0 Å². The topological polar surface area (TPSA) is 18.5 Å². The van der Waals surface area contributed by atoms with Crippen LogP contribution in [0.25, 0.3) is 0 Å². The molecule has 0 radical (unpaired) electrons. The molecule has 116 valence electrons. The number of nitrogens with zero attached hydrogens (tertiary/aromatic N) is 2. The molecule has 0 aromatic carbocycles. The number of hydrogen-bond donors (Lipinski definition) is 1. The van der Waals surface area contributed by atoms with Crippen LogP contribution in [0, 0.1) is 5.92 Å². The van der Waals surface area contributed by atoms with Gasteiger partial charge in [-0.3, -0.25) is 4.90 Å². The zero-order valence-electron chi connectivity index (χ0n) is 13.5. The number of likely N-dealkylation sites (tertiary alicyclic amines) is 1. The molecule has 1 N–H and O–H groups in total. The van der Waals surface area contributed by atoms with Crippen molar-refractivity contribution in [3.63, 3.8) is 0 Å². The van der Waals surface area contributed by atoms with Crippen LogP contribution >= 0.6 is 0 Å². The molecular formula is C17H33N3. The molecule has 3 aliphatic rings. The van der Waals surface area contributed by atoms with Crippen LogP contribution in [0.2, 0.25) is 0 Å². The molecule has 3 atom stereocenters. The highest BCUT2D eigenvalue weighted by molar-refractivity contribution is 4.91. The van der Waals surface area contributed by atoms with Gasteiger partial charge < -0.3 is 10.2 Å². The molecule has 3 heterocycles. The quantitative estimate of drug-likeness (QED) is 0.852. The van der Waals surface area contributed by atoms with E-state index in [9.17, 15) is 0 Å². The summed E-state index contributed by atoms with van der Waals surface area (Å²) >= 11 is 0. The summed E-state index contributed by atoms with van der Waals surface area (Å²) in [5, 5.41) is 3.64. The van der Waals surface area contributed by atoms with Crippen molar-refractivity contribution in [1.82, 2.24) is 15.1 Å². The number of rotatable bonds is 4. The third kappa shape index (κ3) is 3.55. The summed E-state index contributed by atoms with van der Waals surface area (Å²) in [6.07, 6.45) is 8.61. The molecule has 3 heteroatoms. The van der Waals surface area contributed by atoms with Crippen molar-refractivity contribution in [2.45, 2.75) is 70.5 Å². The highest BCUT2D eigenvalue weighted by Crippen LogP contribution is 2.31. The van der Waals surface area contributed by atoms with Crippen LogP contribution < -0.4 is 5.32 Å².